The van der Waals surface area contributed by atoms with Crippen LogP contribution in [0.2, 0.25) is 0 Å². The molecule has 3 N–H and O–H groups in total. The molecule has 0 aromatic heterocycles. The van der Waals surface area contributed by atoms with Crippen LogP contribution in [0.1, 0.15) is 26.7 Å². The molecule has 0 aromatic rings. The van der Waals surface area contributed by atoms with Gasteiger partial charge in [0.1, 0.15) is 24.4 Å². The largest absolute Gasteiger partial charge is 0.455 e. The zero-order valence-corrected chi connectivity index (χ0v) is 14.9. The van der Waals surface area contributed by atoms with Crippen LogP contribution >= 0.6 is 0 Å². The lowest BCUT2D eigenvalue weighted by molar-refractivity contribution is -0.161. The molecule has 0 aromatic carbocycles. The van der Waals surface area contributed by atoms with Gasteiger partial charge in [0.05, 0.1) is 6.10 Å². The van der Waals surface area contributed by atoms with Crippen molar-refractivity contribution in [2.24, 2.45) is 0 Å². The molecule has 0 spiro atoms. The highest BCUT2D eigenvalue weighted by Gasteiger charge is 2.40. The Hall–Kier alpha value is -1.91. The number of carbonyl (C=O) groups is 1. The Morgan fingerprint density at radius 1 is 1.36 bits per heavy atom. The van der Waals surface area contributed by atoms with Crippen LogP contribution in [0.15, 0.2) is 36.0 Å². The lowest BCUT2D eigenvalue weighted by Crippen LogP contribution is -2.50. The van der Waals surface area contributed by atoms with Gasteiger partial charge in [-0.25, -0.2) is 0 Å². The van der Waals surface area contributed by atoms with Crippen molar-refractivity contribution in [3.63, 3.8) is 0 Å². The lowest BCUT2D eigenvalue weighted by atomic mass is 9.89. The van der Waals surface area contributed by atoms with Crippen molar-refractivity contribution in [3.05, 3.63) is 36.0 Å². The number of esters is 1. The third-order valence-electron chi connectivity index (χ3n) is 3.89. The zero-order chi connectivity index (χ0) is 19.1. The molecule has 6 nitrogen and oxygen atoms in total. The summed E-state index contributed by atoms with van der Waals surface area (Å²) in [6, 6.07) is 0. The summed E-state index contributed by atoms with van der Waals surface area (Å²) in [5.41, 5.74) is 1.47. The molecule has 1 aliphatic rings. The Labute approximate surface area is 148 Å². The molecule has 1 unspecified atom stereocenters. The molecule has 6 heteroatoms. The zero-order valence-electron chi connectivity index (χ0n) is 14.9. The molecule has 1 aliphatic carbocycles. The first-order chi connectivity index (χ1) is 11.7. The Kier molecular flexibility index (Phi) is 8.07. The van der Waals surface area contributed by atoms with Crippen LogP contribution in [0.3, 0.4) is 0 Å². The molecular weight excluding hydrogens is 324 g/mol. The van der Waals surface area contributed by atoms with Crippen molar-refractivity contribution in [1.29, 1.82) is 0 Å². The van der Waals surface area contributed by atoms with Crippen LogP contribution in [0, 0.1) is 11.8 Å². The molecule has 0 radical (unpaired) electrons. The van der Waals surface area contributed by atoms with Crippen LogP contribution in [-0.4, -0.2) is 58.9 Å². The van der Waals surface area contributed by atoms with Gasteiger partial charge in [-0.1, -0.05) is 30.6 Å². The quantitative estimate of drug-likeness (QED) is 0.374. The van der Waals surface area contributed by atoms with E-state index < -0.39 is 36.5 Å². The second kappa shape index (κ2) is 9.54. The molecule has 0 heterocycles. The SMILES string of the molecule is C=C(C#CC1=C[C@H](OC(C)=O)[C@H](OC)[C@@H](O)[C@H]1O)CCC(O)C(=C)C. The van der Waals surface area contributed by atoms with E-state index in [0.717, 1.165) is 0 Å². The second-order valence-corrected chi connectivity index (χ2v) is 6.09. The average Bonchev–Trinajstić information content (AvgIpc) is 2.54. The first kappa shape index (κ1) is 21.1. The van der Waals surface area contributed by atoms with Gasteiger partial charge in [0.25, 0.3) is 0 Å². The fourth-order valence-electron chi connectivity index (χ4n) is 2.39. The summed E-state index contributed by atoms with van der Waals surface area (Å²) < 4.78 is 10.2. The van der Waals surface area contributed by atoms with Crippen LogP contribution < -0.4 is 0 Å². The van der Waals surface area contributed by atoms with Crippen LogP contribution in [0.5, 0.6) is 0 Å². The van der Waals surface area contributed by atoms with Gasteiger partial charge in [-0.3, -0.25) is 4.79 Å². The minimum absolute atomic E-state index is 0.230. The van der Waals surface area contributed by atoms with Crippen molar-refractivity contribution in [2.75, 3.05) is 7.11 Å². The Morgan fingerprint density at radius 2 is 2.00 bits per heavy atom. The van der Waals surface area contributed by atoms with E-state index in [4.69, 9.17) is 9.47 Å². The van der Waals surface area contributed by atoms with E-state index in [1.807, 2.05) is 0 Å². The number of aliphatic hydroxyl groups is 3. The molecular formula is C19H26O6. The molecule has 138 valence electrons. The van der Waals surface area contributed by atoms with Crippen molar-refractivity contribution >= 4 is 5.97 Å². The number of hydrogen-bond acceptors (Lipinski definition) is 6. The average molecular weight is 350 g/mol. The van der Waals surface area contributed by atoms with Gasteiger partial charge in [0.2, 0.25) is 0 Å². The Balaban J connectivity index is 2.88. The maximum absolute atomic E-state index is 11.2. The second-order valence-electron chi connectivity index (χ2n) is 6.09. The number of rotatable bonds is 6. The summed E-state index contributed by atoms with van der Waals surface area (Å²) in [6.45, 7) is 10.5. The third kappa shape index (κ3) is 6.15. The molecule has 0 aliphatic heterocycles. The normalized spacial score (nSPS) is 26.7. The predicted molar refractivity (Wildman–Crippen MR) is 93.4 cm³/mol. The Bertz CT molecular complexity index is 609. The van der Waals surface area contributed by atoms with Crippen molar-refractivity contribution in [1.82, 2.24) is 0 Å². The summed E-state index contributed by atoms with van der Waals surface area (Å²) >= 11 is 0. The van der Waals surface area contributed by atoms with Gasteiger partial charge in [-0.05, 0) is 31.4 Å². The first-order valence-electron chi connectivity index (χ1n) is 7.98. The number of ether oxygens (including phenoxy) is 2. The molecule has 0 saturated heterocycles. The van der Waals surface area contributed by atoms with Gasteiger partial charge in [0.15, 0.2) is 0 Å². The highest BCUT2D eigenvalue weighted by molar-refractivity contribution is 5.66. The summed E-state index contributed by atoms with van der Waals surface area (Å²) in [6.07, 6.45) is -2.47. The maximum atomic E-state index is 11.2. The number of hydrogen-bond donors (Lipinski definition) is 3. The molecule has 0 fully saturated rings. The molecule has 0 amide bonds. The number of allylic oxidation sites excluding steroid dienone is 1. The predicted octanol–water partition coefficient (Wildman–Crippen LogP) is 0.872. The Morgan fingerprint density at radius 3 is 2.52 bits per heavy atom. The van der Waals surface area contributed by atoms with Gasteiger partial charge < -0.3 is 24.8 Å². The van der Waals surface area contributed by atoms with Crippen LogP contribution in [-0.2, 0) is 14.3 Å². The van der Waals surface area contributed by atoms with E-state index in [1.54, 1.807) is 6.92 Å². The van der Waals surface area contributed by atoms with E-state index in [1.165, 1.54) is 20.1 Å². The van der Waals surface area contributed by atoms with Crippen LogP contribution in [0.25, 0.3) is 0 Å². The maximum Gasteiger partial charge on any atom is 0.303 e. The topological polar surface area (TPSA) is 96.2 Å². The van der Waals surface area contributed by atoms with E-state index in [9.17, 15) is 20.1 Å². The molecule has 1 rings (SSSR count). The first-order valence-corrected chi connectivity index (χ1v) is 7.98. The van der Waals surface area contributed by atoms with E-state index in [2.05, 4.69) is 25.0 Å². The smallest absolute Gasteiger partial charge is 0.303 e. The molecule has 0 saturated carbocycles. The van der Waals surface area contributed by atoms with Crippen molar-refractivity contribution in [3.8, 4) is 11.8 Å². The number of carbonyl (C=O) groups excluding carboxylic acids is 1. The summed E-state index contributed by atoms with van der Waals surface area (Å²) in [4.78, 5) is 11.2. The highest BCUT2D eigenvalue weighted by atomic mass is 16.6. The summed E-state index contributed by atoms with van der Waals surface area (Å²) in [5.74, 6) is 5.02. The third-order valence-corrected chi connectivity index (χ3v) is 3.89. The van der Waals surface area contributed by atoms with Crippen LogP contribution in [0.4, 0.5) is 0 Å². The molecule has 25 heavy (non-hydrogen) atoms. The van der Waals surface area contributed by atoms with E-state index in [-0.39, 0.29) is 5.57 Å². The van der Waals surface area contributed by atoms with E-state index in [0.29, 0.717) is 24.0 Å². The molecule has 5 atom stereocenters. The van der Waals surface area contributed by atoms with Gasteiger partial charge in [0, 0.05) is 19.6 Å². The summed E-state index contributed by atoms with van der Waals surface area (Å²) in [7, 11) is 1.36. The van der Waals surface area contributed by atoms with Gasteiger partial charge >= 0.3 is 5.97 Å². The monoisotopic (exact) mass is 350 g/mol. The fourth-order valence-corrected chi connectivity index (χ4v) is 2.39. The lowest BCUT2D eigenvalue weighted by Gasteiger charge is -2.34. The van der Waals surface area contributed by atoms with E-state index >= 15 is 0 Å². The van der Waals surface area contributed by atoms with Crippen molar-refractivity contribution < 1.29 is 29.6 Å². The number of methoxy groups -OCH3 is 1. The van der Waals surface area contributed by atoms with Gasteiger partial charge in [-0.2, -0.15) is 0 Å². The minimum Gasteiger partial charge on any atom is -0.455 e. The molecule has 0 bridgehead atoms. The number of aliphatic hydroxyl groups excluding tert-OH is 3. The van der Waals surface area contributed by atoms with Crippen molar-refractivity contribution in [2.45, 2.75) is 57.2 Å². The minimum atomic E-state index is -1.28. The highest BCUT2D eigenvalue weighted by Crippen LogP contribution is 2.24. The standard InChI is InChI=1S/C19H26O6/c1-11(2)15(21)9-7-12(3)6-8-14-10-16(25-13(4)20)19(24-5)18(23)17(14)22/h10,15-19,21-23H,1,3,7,9H2,2,4-5H3/t15?,16-,17-,18-,19-/m0/s1. The fraction of sp³-hybridized carbons (Fsp3) is 0.526. The summed E-state index contributed by atoms with van der Waals surface area (Å²) in [5, 5.41) is 30.0. The van der Waals surface area contributed by atoms with Gasteiger partial charge in [-0.15, -0.1) is 0 Å².